The molecular weight excluding hydrogens is 607 g/mol. The van der Waals surface area contributed by atoms with Crippen LogP contribution >= 0.6 is 58.2 Å². The average Bonchev–Trinajstić information content (AvgIpc) is 2.74. The van der Waals surface area contributed by atoms with E-state index in [0.717, 1.165) is 0 Å². The van der Waals surface area contributed by atoms with Crippen molar-refractivity contribution in [3.63, 3.8) is 0 Å². The molecule has 0 heterocycles. The van der Waals surface area contributed by atoms with E-state index in [1.165, 1.54) is 122 Å². The van der Waals surface area contributed by atoms with Gasteiger partial charge in [0, 0.05) is 0 Å². The molecule has 201 valence electrons. The lowest BCUT2D eigenvalue weighted by Gasteiger charge is -2.37. The van der Waals surface area contributed by atoms with Crippen molar-refractivity contribution >= 4 is 58.2 Å². The highest BCUT2D eigenvalue weighted by atomic mass is 79.9. The van der Waals surface area contributed by atoms with Crippen LogP contribution in [0.15, 0.2) is 0 Å². The summed E-state index contributed by atoms with van der Waals surface area (Å²) in [5.74, 6) is 0. The fraction of sp³-hybridized carbons (Fsp3) is 1.00. The van der Waals surface area contributed by atoms with Crippen molar-refractivity contribution in [3.8, 4) is 0 Å². The van der Waals surface area contributed by atoms with Gasteiger partial charge in [-0.3, -0.25) is 0 Å². The second-order valence-corrected chi connectivity index (χ2v) is 14.4. The molecule has 4 heteroatoms. The molecule has 0 aromatic carbocycles. The lowest BCUT2D eigenvalue weighted by atomic mass is 10.0. The van der Waals surface area contributed by atoms with Crippen molar-refractivity contribution in [1.82, 2.24) is 0 Å². The molecule has 32 heavy (non-hydrogen) atoms. The predicted molar refractivity (Wildman–Crippen MR) is 172 cm³/mol. The SMILES string of the molecule is Br.Br.Br.CCCCCCCCCCCCCCCC[P](CCCC)(CCCC)CCCC. The molecule has 0 fully saturated rings. The molecule has 0 rings (SSSR count). The van der Waals surface area contributed by atoms with Crippen LogP contribution in [-0.2, 0) is 0 Å². The Labute approximate surface area is 237 Å². The average molecular weight is 670 g/mol. The van der Waals surface area contributed by atoms with Crippen LogP contribution in [0.5, 0.6) is 0 Å². The maximum Gasteiger partial charge on any atom is -0.0359 e. The first-order chi connectivity index (χ1) is 14.2. The van der Waals surface area contributed by atoms with Gasteiger partial charge < -0.3 is 0 Å². The summed E-state index contributed by atoms with van der Waals surface area (Å²) in [5, 5.41) is 0. The molecule has 0 amide bonds. The minimum absolute atomic E-state index is 0. The summed E-state index contributed by atoms with van der Waals surface area (Å²) < 4.78 is 0. The van der Waals surface area contributed by atoms with Crippen molar-refractivity contribution in [2.75, 3.05) is 24.6 Å². The molecule has 0 unspecified atom stereocenters. The molecule has 0 saturated heterocycles. The smallest absolute Gasteiger partial charge is 0.0359 e. The fourth-order valence-corrected chi connectivity index (χ4v) is 9.99. The van der Waals surface area contributed by atoms with Gasteiger partial charge in [0.25, 0.3) is 0 Å². The van der Waals surface area contributed by atoms with E-state index >= 15 is 0 Å². The third kappa shape index (κ3) is 26.5. The van der Waals surface area contributed by atoms with E-state index in [1.807, 2.05) is 0 Å². The summed E-state index contributed by atoms with van der Waals surface area (Å²) in [6.45, 7) is 9.48. The van der Waals surface area contributed by atoms with Crippen molar-refractivity contribution in [1.29, 1.82) is 0 Å². The Hall–Kier alpha value is 1.87. The van der Waals surface area contributed by atoms with Crippen LogP contribution in [0.4, 0.5) is 0 Å². The zero-order chi connectivity index (χ0) is 21.5. The van der Waals surface area contributed by atoms with E-state index in [0.29, 0.717) is 0 Å². The van der Waals surface area contributed by atoms with E-state index in [-0.39, 0.29) is 50.9 Å². The third-order valence-electron chi connectivity index (χ3n) is 6.94. The normalized spacial score (nSPS) is 10.9. The largest absolute Gasteiger partial charge is 0.125 e. The number of hydrogen-bond donors (Lipinski definition) is 0. The quantitative estimate of drug-likeness (QED) is 0.0708. The van der Waals surface area contributed by atoms with Crippen molar-refractivity contribution in [3.05, 3.63) is 0 Å². The molecule has 0 aromatic rings. The lowest BCUT2D eigenvalue weighted by Crippen LogP contribution is -2.13. The van der Waals surface area contributed by atoms with Gasteiger partial charge in [0.1, 0.15) is 0 Å². The monoisotopic (exact) mass is 667 g/mol. The highest BCUT2D eigenvalue weighted by molar-refractivity contribution is 8.93. The van der Waals surface area contributed by atoms with Crippen LogP contribution < -0.4 is 0 Å². The molecule has 0 N–H and O–H groups in total. The minimum Gasteiger partial charge on any atom is -0.125 e. The molecule has 0 nitrogen and oxygen atoms in total. The fourth-order valence-electron chi connectivity index (χ4n) is 4.79. The Bertz CT molecular complexity index is 291. The molecule has 0 aromatic heterocycles. The first kappa shape index (κ1) is 41.0. The first-order valence-electron chi connectivity index (χ1n) is 14.1. The zero-order valence-electron chi connectivity index (χ0n) is 22.6. The van der Waals surface area contributed by atoms with Gasteiger partial charge in [-0.25, -0.2) is 0 Å². The molecule has 0 spiro atoms. The van der Waals surface area contributed by atoms with Crippen LogP contribution in [0.1, 0.15) is 156 Å². The van der Waals surface area contributed by atoms with E-state index < -0.39 is 7.26 Å². The molecule has 0 aliphatic heterocycles. The summed E-state index contributed by atoms with van der Waals surface area (Å²) in [7, 11) is -0.630. The van der Waals surface area contributed by atoms with Crippen LogP contribution in [0.2, 0.25) is 0 Å². The summed E-state index contributed by atoms with van der Waals surface area (Å²) >= 11 is 0. The van der Waals surface area contributed by atoms with E-state index in [4.69, 9.17) is 0 Å². The minimum atomic E-state index is -0.630. The van der Waals surface area contributed by atoms with Crippen LogP contribution in [-0.4, -0.2) is 24.6 Å². The molecule has 0 aliphatic carbocycles. The summed E-state index contributed by atoms with van der Waals surface area (Å²) in [5.41, 5.74) is 0. The Morgan fingerprint density at radius 2 is 0.500 bits per heavy atom. The van der Waals surface area contributed by atoms with Crippen LogP contribution in [0.25, 0.3) is 0 Å². The highest BCUT2D eigenvalue weighted by Crippen LogP contribution is 2.61. The lowest BCUT2D eigenvalue weighted by molar-refractivity contribution is 0.538. The van der Waals surface area contributed by atoms with Gasteiger partial charge in [0.2, 0.25) is 0 Å². The maximum absolute atomic E-state index is 2.39. The Kier molecular flexibility index (Phi) is 42.1. The summed E-state index contributed by atoms with van der Waals surface area (Å²) in [4.78, 5) is 0. The van der Waals surface area contributed by atoms with E-state index in [9.17, 15) is 0 Å². The second-order valence-electron chi connectivity index (χ2n) is 9.89. The number of halogens is 3. The number of rotatable bonds is 24. The van der Waals surface area contributed by atoms with Gasteiger partial charge in [-0.05, 0) is 50.3 Å². The zero-order valence-corrected chi connectivity index (χ0v) is 28.7. The van der Waals surface area contributed by atoms with Crippen LogP contribution in [0, 0.1) is 0 Å². The predicted octanol–water partition coefficient (Wildman–Crippen LogP) is 12.6. The van der Waals surface area contributed by atoms with E-state index in [2.05, 4.69) is 27.7 Å². The van der Waals surface area contributed by atoms with Gasteiger partial charge in [-0.15, -0.1) is 58.2 Å². The van der Waals surface area contributed by atoms with Crippen molar-refractivity contribution in [2.45, 2.75) is 156 Å². The van der Waals surface area contributed by atoms with Gasteiger partial charge in [-0.1, -0.05) is 130 Å². The topological polar surface area (TPSA) is 0 Å². The summed E-state index contributed by atoms with van der Waals surface area (Å²) in [6, 6.07) is 0. The van der Waals surface area contributed by atoms with Gasteiger partial charge in [0.05, 0.1) is 0 Å². The Morgan fingerprint density at radius 3 is 0.781 bits per heavy atom. The molecule has 0 aliphatic rings. The standard InChI is InChI=1S/C28H60P.3BrH/c1-5-9-13-14-15-16-17-18-19-20-21-22-23-24-28-29(25-10-6-2,26-11-7-3)27-12-8-4;;;/h5-28H2,1-4H3;3*1H. The third-order valence-corrected chi connectivity index (χ3v) is 12.0. The van der Waals surface area contributed by atoms with Crippen LogP contribution in [0.3, 0.4) is 0 Å². The van der Waals surface area contributed by atoms with Crippen molar-refractivity contribution in [2.24, 2.45) is 0 Å². The molecule has 0 saturated carbocycles. The second kappa shape index (κ2) is 32.9. The maximum atomic E-state index is 2.39. The van der Waals surface area contributed by atoms with Crippen molar-refractivity contribution < 1.29 is 0 Å². The molecular formula is C28H63Br3P. The number of unbranched alkanes of at least 4 members (excludes halogenated alkanes) is 16. The Balaban J connectivity index is -0.00000131. The van der Waals surface area contributed by atoms with Gasteiger partial charge in [0.15, 0.2) is 0 Å². The summed E-state index contributed by atoms with van der Waals surface area (Å²) in [6.07, 6.45) is 36.0. The Morgan fingerprint density at radius 1 is 0.281 bits per heavy atom. The molecule has 1 radical (unpaired) electrons. The number of hydrogen-bond acceptors (Lipinski definition) is 0. The van der Waals surface area contributed by atoms with Gasteiger partial charge >= 0.3 is 0 Å². The van der Waals surface area contributed by atoms with E-state index in [1.54, 1.807) is 31.1 Å². The molecule has 0 bridgehead atoms. The van der Waals surface area contributed by atoms with Gasteiger partial charge in [-0.2, -0.15) is 0 Å². The molecule has 0 atom stereocenters. The first-order valence-corrected chi connectivity index (χ1v) is 16.6. The highest BCUT2D eigenvalue weighted by Gasteiger charge is 2.24.